The van der Waals surface area contributed by atoms with Crippen LogP contribution in [0.3, 0.4) is 0 Å². The summed E-state index contributed by atoms with van der Waals surface area (Å²) in [5.41, 5.74) is 3.04. The van der Waals surface area contributed by atoms with Gasteiger partial charge in [-0.1, -0.05) is 42.5 Å². The summed E-state index contributed by atoms with van der Waals surface area (Å²) in [6, 6.07) is 17.9. The minimum absolute atomic E-state index is 0.0141. The van der Waals surface area contributed by atoms with Crippen molar-refractivity contribution in [2.24, 2.45) is 5.10 Å². The molecule has 2 aromatic rings. The number of nitrogens with zero attached hydrogens (tertiary/aromatic N) is 2. The molecule has 0 spiro atoms. The third-order valence-electron chi connectivity index (χ3n) is 2.90. The molecule has 0 aliphatic carbocycles. The molecule has 0 saturated carbocycles. The molecule has 88 valence electrons. The Kier molecular flexibility index (Phi) is 2.65. The molecule has 2 aromatic carbocycles. The van der Waals surface area contributed by atoms with E-state index in [1.807, 2.05) is 54.6 Å². The summed E-state index contributed by atoms with van der Waals surface area (Å²) in [5.74, 6) is 0.0141. The monoisotopic (exact) mass is 236 g/mol. The number of hydrogen-bond donors (Lipinski definition) is 0. The summed E-state index contributed by atoms with van der Waals surface area (Å²) in [7, 11) is 0. The summed E-state index contributed by atoms with van der Waals surface area (Å²) in [6.45, 7) is 0. The van der Waals surface area contributed by atoms with Gasteiger partial charge in [0, 0.05) is 6.21 Å². The molecule has 0 saturated heterocycles. The lowest BCUT2D eigenvalue weighted by molar-refractivity contribution is -0.116. The molecule has 1 aliphatic heterocycles. The van der Waals surface area contributed by atoms with Crippen LogP contribution < -0.4 is 5.01 Å². The van der Waals surface area contributed by atoms with Crippen LogP contribution in [0.2, 0.25) is 0 Å². The third kappa shape index (κ3) is 1.91. The average molecular weight is 236 g/mol. The van der Waals surface area contributed by atoms with Crippen molar-refractivity contribution in [3.63, 3.8) is 0 Å². The minimum atomic E-state index is 0.0141. The predicted octanol–water partition coefficient (Wildman–Crippen LogP) is 3.08. The van der Waals surface area contributed by atoms with Gasteiger partial charge in [0.25, 0.3) is 5.91 Å². The van der Waals surface area contributed by atoms with Crippen molar-refractivity contribution >= 4 is 17.8 Å². The van der Waals surface area contributed by atoms with Gasteiger partial charge in [-0.05, 0) is 23.3 Å². The number of amides is 1. The van der Waals surface area contributed by atoms with Gasteiger partial charge >= 0.3 is 0 Å². The van der Waals surface area contributed by atoms with E-state index in [0.717, 1.165) is 16.8 Å². The number of rotatable bonds is 2. The molecular weight excluding hydrogens is 224 g/mol. The first-order valence-corrected chi connectivity index (χ1v) is 5.85. The van der Waals surface area contributed by atoms with Gasteiger partial charge in [0.05, 0.1) is 12.1 Å². The molecule has 1 heterocycles. The van der Waals surface area contributed by atoms with Crippen LogP contribution in [0.15, 0.2) is 59.7 Å². The van der Waals surface area contributed by atoms with Gasteiger partial charge in [-0.25, -0.2) is 5.01 Å². The van der Waals surface area contributed by atoms with Gasteiger partial charge < -0.3 is 0 Å². The van der Waals surface area contributed by atoms with Gasteiger partial charge in [0.1, 0.15) is 0 Å². The molecule has 0 bridgehead atoms. The summed E-state index contributed by atoms with van der Waals surface area (Å²) >= 11 is 0. The lowest BCUT2D eigenvalue weighted by atomic mass is 10.1. The smallest absolute Gasteiger partial charge is 0.252 e. The average Bonchev–Trinajstić information content (AvgIpc) is 2.86. The minimum Gasteiger partial charge on any atom is -0.272 e. The first-order chi connectivity index (χ1) is 8.84. The summed E-state index contributed by atoms with van der Waals surface area (Å²) in [5, 5.41) is 5.53. The molecule has 18 heavy (non-hydrogen) atoms. The Bertz CT molecular complexity index is 605. The molecule has 3 nitrogen and oxygen atoms in total. The van der Waals surface area contributed by atoms with E-state index in [9.17, 15) is 4.79 Å². The van der Waals surface area contributed by atoms with Crippen LogP contribution in [-0.4, -0.2) is 12.1 Å². The summed E-state index contributed by atoms with van der Waals surface area (Å²) in [6.07, 6.45) is 2.02. The van der Waals surface area contributed by atoms with Crippen LogP contribution in [0.5, 0.6) is 0 Å². The summed E-state index contributed by atoms with van der Waals surface area (Å²) in [4.78, 5) is 11.6. The van der Waals surface area contributed by atoms with Crippen molar-refractivity contribution in [1.82, 2.24) is 0 Å². The van der Waals surface area contributed by atoms with Crippen molar-refractivity contribution in [2.45, 2.75) is 6.42 Å². The lowest BCUT2D eigenvalue weighted by Crippen LogP contribution is -2.19. The van der Waals surface area contributed by atoms with Crippen LogP contribution in [0, 0.1) is 0 Å². The van der Waals surface area contributed by atoms with Crippen LogP contribution in [0.25, 0.3) is 11.1 Å². The standard InChI is InChI=1S/C15H12N2O/c18-15-9-10-16-17(15)14-8-4-7-13(11-14)12-5-2-1-3-6-12/h1-8,10-11H,9H2. The van der Waals surface area contributed by atoms with E-state index in [1.165, 1.54) is 5.01 Å². The van der Waals surface area contributed by atoms with Gasteiger partial charge in [-0.2, -0.15) is 5.10 Å². The van der Waals surface area contributed by atoms with E-state index in [1.54, 1.807) is 6.21 Å². The Hall–Kier alpha value is -2.42. The molecule has 1 aliphatic rings. The van der Waals surface area contributed by atoms with E-state index in [2.05, 4.69) is 5.10 Å². The van der Waals surface area contributed by atoms with E-state index in [-0.39, 0.29) is 5.91 Å². The van der Waals surface area contributed by atoms with E-state index in [0.29, 0.717) is 6.42 Å². The van der Waals surface area contributed by atoms with Crippen molar-refractivity contribution in [3.05, 3.63) is 54.6 Å². The van der Waals surface area contributed by atoms with Gasteiger partial charge in [-0.15, -0.1) is 0 Å². The Labute approximate surface area is 105 Å². The van der Waals surface area contributed by atoms with Crippen LogP contribution in [0.1, 0.15) is 6.42 Å². The Balaban J connectivity index is 1.99. The molecule has 3 heteroatoms. The molecule has 0 fully saturated rings. The molecule has 0 N–H and O–H groups in total. The fraction of sp³-hybridized carbons (Fsp3) is 0.0667. The first kappa shape index (κ1) is 10.7. The highest BCUT2D eigenvalue weighted by atomic mass is 16.2. The fourth-order valence-electron chi connectivity index (χ4n) is 2.01. The highest BCUT2D eigenvalue weighted by molar-refractivity contribution is 6.05. The molecular formula is C15H12N2O. The number of benzene rings is 2. The van der Waals surface area contributed by atoms with Gasteiger partial charge in [0.2, 0.25) is 0 Å². The van der Waals surface area contributed by atoms with E-state index < -0.39 is 0 Å². The molecule has 0 aromatic heterocycles. The zero-order valence-electron chi connectivity index (χ0n) is 9.78. The fourth-order valence-corrected chi connectivity index (χ4v) is 2.01. The van der Waals surface area contributed by atoms with Crippen molar-refractivity contribution < 1.29 is 4.79 Å². The largest absolute Gasteiger partial charge is 0.272 e. The van der Waals surface area contributed by atoms with E-state index >= 15 is 0 Å². The zero-order valence-corrected chi connectivity index (χ0v) is 9.78. The number of hydrazone groups is 1. The van der Waals surface area contributed by atoms with Gasteiger partial charge in [-0.3, -0.25) is 4.79 Å². The molecule has 0 atom stereocenters. The Morgan fingerprint density at radius 3 is 2.44 bits per heavy atom. The topological polar surface area (TPSA) is 32.7 Å². The normalized spacial score (nSPS) is 14.2. The highest BCUT2D eigenvalue weighted by Gasteiger charge is 2.18. The Morgan fingerprint density at radius 1 is 0.944 bits per heavy atom. The molecule has 1 amide bonds. The second-order valence-electron chi connectivity index (χ2n) is 4.12. The predicted molar refractivity (Wildman–Crippen MR) is 72.5 cm³/mol. The maximum atomic E-state index is 11.6. The maximum absolute atomic E-state index is 11.6. The number of carbonyl (C=O) groups is 1. The summed E-state index contributed by atoms with van der Waals surface area (Å²) < 4.78 is 0. The number of hydrogen-bond acceptors (Lipinski definition) is 2. The van der Waals surface area contributed by atoms with Crippen molar-refractivity contribution in [2.75, 3.05) is 5.01 Å². The van der Waals surface area contributed by atoms with Crippen LogP contribution >= 0.6 is 0 Å². The van der Waals surface area contributed by atoms with Crippen molar-refractivity contribution in [1.29, 1.82) is 0 Å². The Morgan fingerprint density at radius 2 is 1.72 bits per heavy atom. The molecule has 0 unspecified atom stereocenters. The lowest BCUT2D eigenvalue weighted by Gasteiger charge is -2.13. The number of carbonyl (C=O) groups excluding carboxylic acids is 1. The zero-order chi connectivity index (χ0) is 12.4. The first-order valence-electron chi connectivity index (χ1n) is 5.85. The second-order valence-corrected chi connectivity index (χ2v) is 4.12. The molecule has 3 rings (SSSR count). The van der Waals surface area contributed by atoms with Crippen LogP contribution in [-0.2, 0) is 4.79 Å². The maximum Gasteiger partial charge on any atom is 0.252 e. The third-order valence-corrected chi connectivity index (χ3v) is 2.90. The quantitative estimate of drug-likeness (QED) is 0.788. The SMILES string of the molecule is O=C1CC=NN1c1cccc(-c2ccccc2)c1. The van der Waals surface area contributed by atoms with Crippen molar-refractivity contribution in [3.8, 4) is 11.1 Å². The second kappa shape index (κ2) is 4.45. The molecule has 0 radical (unpaired) electrons. The van der Waals surface area contributed by atoms with Gasteiger partial charge in [0.15, 0.2) is 0 Å². The van der Waals surface area contributed by atoms with E-state index in [4.69, 9.17) is 0 Å². The number of anilines is 1. The highest BCUT2D eigenvalue weighted by Crippen LogP contribution is 2.26. The van der Waals surface area contributed by atoms with Crippen LogP contribution in [0.4, 0.5) is 5.69 Å².